The Balaban J connectivity index is 1.70. The van der Waals surface area contributed by atoms with Crippen LogP contribution in [0.3, 0.4) is 0 Å². The topological polar surface area (TPSA) is 64.1 Å². The molecule has 0 unspecified atom stereocenters. The third kappa shape index (κ3) is 6.22. The van der Waals surface area contributed by atoms with Crippen LogP contribution in [0.2, 0.25) is 0 Å². The number of hydrogen-bond acceptors (Lipinski definition) is 5. The molecule has 0 aliphatic carbocycles. The second-order valence-corrected chi connectivity index (χ2v) is 7.01. The quantitative estimate of drug-likeness (QED) is 0.444. The third-order valence-corrected chi connectivity index (χ3v) is 4.65. The molecule has 5 heteroatoms. The Morgan fingerprint density at radius 2 is 1.93 bits per heavy atom. The Hall–Kier alpha value is -3.05. The fraction of sp³-hybridized carbons (Fsp3) is 0.292. The molecule has 150 valence electrons. The van der Waals surface area contributed by atoms with Gasteiger partial charge in [0.25, 0.3) is 0 Å². The van der Waals surface area contributed by atoms with Gasteiger partial charge in [0.2, 0.25) is 0 Å². The number of nitrogens with one attached hydrogen (secondary N) is 1. The van der Waals surface area contributed by atoms with Crippen molar-refractivity contribution >= 4 is 5.97 Å². The zero-order valence-corrected chi connectivity index (χ0v) is 17.0. The molecule has 0 bridgehead atoms. The van der Waals surface area contributed by atoms with E-state index in [9.17, 15) is 4.79 Å². The first-order valence-corrected chi connectivity index (χ1v) is 9.94. The molecule has 2 aromatic heterocycles. The van der Waals surface area contributed by atoms with E-state index in [-0.39, 0.29) is 12.4 Å². The van der Waals surface area contributed by atoms with E-state index in [2.05, 4.69) is 46.5 Å². The first-order valence-electron chi connectivity index (χ1n) is 9.94. The van der Waals surface area contributed by atoms with Crippen LogP contribution in [-0.2, 0) is 28.9 Å². The molecule has 1 aromatic carbocycles. The van der Waals surface area contributed by atoms with Crippen LogP contribution < -0.4 is 5.32 Å². The molecule has 1 N–H and O–H groups in total. The van der Waals surface area contributed by atoms with Gasteiger partial charge in [0.15, 0.2) is 0 Å². The average molecular weight is 389 g/mol. The minimum Gasteiger partial charge on any atom is -0.466 e. The van der Waals surface area contributed by atoms with Crippen molar-refractivity contribution < 1.29 is 9.53 Å². The maximum atomic E-state index is 11.8. The minimum atomic E-state index is -0.229. The lowest BCUT2D eigenvalue weighted by molar-refractivity contribution is -0.142. The summed E-state index contributed by atoms with van der Waals surface area (Å²) < 4.78 is 5.05. The molecular weight excluding hydrogens is 362 g/mol. The number of carbonyl (C=O) groups is 1. The van der Waals surface area contributed by atoms with E-state index >= 15 is 0 Å². The molecule has 3 rings (SSSR count). The molecule has 0 atom stereocenters. The fourth-order valence-corrected chi connectivity index (χ4v) is 3.26. The Labute approximate surface area is 172 Å². The van der Waals surface area contributed by atoms with Gasteiger partial charge in [0.1, 0.15) is 0 Å². The zero-order valence-electron chi connectivity index (χ0n) is 17.0. The van der Waals surface area contributed by atoms with Crippen molar-refractivity contribution in [2.75, 3.05) is 13.2 Å². The molecule has 0 radical (unpaired) electrons. The Morgan fingerprint density at radius 1 is 1.07 bits per heavy atom. The Morgan fingerprint density at radius 3 is 2.72 bits per heavy atom. The van der Waals surface area contributed by atoms with Gasteiger partial charge in [0.05, 0.1) is 13.0 Å². The molecular formula is C24H27N3O2. The van der Waals surface area contributed by atoms with Crippen molar-refractivity contribution in [2.24, 2.45) is 0 Å². The largest absolute Gasteiger partial charge is 0.466 e. The molecule has 0 amide bonds. The van der Waals surface area contributed by atoms with Crippen molar-refractivity contribution in [1.82, 2.24) is 15.3 Å². The lowest BCUT2D eigenvalue weighted by Gasteiger charge is -2.13. The summed E-state index contributed by atoms with van der Waals surface area (Å²) in [5, 5.41) is 3.53. The highest BCUT2D eigenvalue weighted by molar-refractivity contribution is 5.74. The number of benzene rings is 1. The van der Waals surface area contributed by atoms with E-state index in [0.29, 0.717) is 6.61 Å². The van der Waals surface area contributed by atoms with Crippen LogP contribution in [0.1, 0.15) is 29.2 Å². The number of nitrogens with zero attached hydrogens (tertiary/aromatic N) is 2. The number of hydrogen-bond donors (Lipinski definition) is 1. The summed E-state index contributed by atoms with van der Waals surface area (Å²) in [7, 11) is 0. The lowest BCUT2D eigenvalue weighted by atomic mass is 9.97. The normalized spacial score (nSPS) is 10.7. The number of carbonyl (C=O) groups excluding carboxylic acids is 1. The van der Waals surface area contributed by atoms with E-state index in [1.165, 1.54) is 16.7 Å². The minimum absolute atomic E-state index is 0.229. The average Bonchev–Trinajstić information content (AvgIpc) is 2.72. The van der Waals surface area contributed by atoms with Gasteiger partial charge in [-0.25, -0.2) is 0 Å². The van der Waals surface area contributed by atoms with E-state index in [1.54, 1.807) is 12.4 Å². The van der Waals surface area contributed by atoms with Gasteiger partial charge in [-0.3, -0.25) is 14.8 Å². The van der Waals surface area contributed by atoms with Crippen LogP contribution in [0.4, 0.5) is 0 Å². The summed E-state index contributed by atoms with van der Waals surface area (Å²) in [6, 6.07) is 12.5. The molecule has 29 heavy (non-hydrogen) atoms. The predicted octanol–water partition coefficient (Wildman–Crippen LogP) is 3.89. The van der Waals surface area contributed by atoms with Gasteiger partial charge in [-0.05, 0) is 61.2 Å². The molecule has 3 aromatic rings. The fourth-order valence-electron chi connectivity index (χ4n) is 3.26. The number of aryl methyl sites for hydroxylation is 1. The van der Waals surface area contributed by atoms with Crippen molar-refractivity contribution in [3.8, 4) is 11.1 Å². The van der Waals surface area contributed by atoms with Crippen LogP contribution in [0, 0.1) is 6.92 Å². The maximum absolute atomic E-state index is 11.8. The zero-order chi connectivity index (χ0) is 20.5. The lowest BCUT2D eigenvalue weighted by Crippen LogP contribution is -2.17. The van der Waals surface area contributed by atoms with Gasteiger partial charge >= 0.3 is 5.97 Å². The smallest absolute Gasteiger partial charge is 0.310 e. The van der Waals surface area contributed by atoms with Crippen LogP contribution in [0.5, 0.6) is 0 Å². The van der Waals surface area contributed by atoms with Gasteiger partial charge in [-0.1, -0.05) is 29.8 Å². The van der Waals surface area contributed by atoms with Gasteiger partial charge in [-0.2, -0.15) is 0 Å². The third-order valence-electron chi connectivity index (χ3n) is 4.65. The summed E-state index contributed by atoms with van der Waals surface area (Å²) in [5.41, 5.74) is 6.65. The molecule has 0 saturated carbocycles. The Bertz CT molecular complexity index is 942. The molecule has 0 aliphatic rings. The van der Waals surface area contributed by atoms with Crippen LogP contribution >= 0.6 is 0 Å². The monoisotopic (exact) mass is 389 g/mol. The summed E-state index contributed by atoms with van der Waals surface area (Å²) in [6.07, 6.45) is 8.43. The Kier molecular flexibility index (Phi) is 7.47. The van der Waals surface area contributed by atoms with Crippen molar-refractivity contribution in [3.05, 3.63) is 83.4 Å². The van der Waals surface area contributed by atoms with E-state index in [4.69, 9.17) is 4.74 Å². The number of aromatic nitrogens is 2. The second-order valence-electron chi connectivity index (χ2n) is 7.01. The summed E-state index contributed by atoms with van der Waals surface area (Å²) in [4.78, 5) is 20.3. The van der Waals surface area contributed by atoms with Crippen LogP contribution in [-0.4, -0.2) is 29.1 Å². The molecule has 5 nitrogen and oxygen atoms in total. The first kappa shape index (κ1) is 20.7. The predicted molar refractivity (Wildman–Crippen MR) is 114 cm³/mol. The number of pyridine rings is 2. The SMILES string of the molecule is CCOC(=O)Cc1cncc(-c2ccc(C)cc2CNCCc2cccnc2)c1. The van der Waals surface area contributed by atoms with Crippen molar-refractivity contribution in [2.45, 2.75) is 33.2 Å². The highest BCUT2D eigenvalue weighted by Crippen LogP contribution is 2.25. The molecule has 0 fully saturated rings. The number of rotatable bonds is 9. The van der Waals surface area contributed by atoms with Gasteiger partial charge in [-0.15, -0.1) is 0 Å². The standard InChI is InChI=1S/C24H27N3O2/c1-3-29-24(28)13-20-12-22(17-27-15-20)23-7-6-18(2)11-21(23)16-26-10-8-19-5-4-9-25-14-19/h4-7,9,11-12,14-15,17,26H,3,8,10,13,16H2,1-2H3. The van der Waals surface area contributed by atoms with E-state index in [0.717, 1.165) is 36.2 Å². The summed E-state index contributed by atoms with van der Waals surface area (Å²) >= 11 is 0. The summed E-state index contributed by atoms with van der Waals surface area (Å²) in [6.45, 7) is 5.93. The summed E-state index contributed by atoms with van der Waals surface area (Å²) in [5.74, 6) is -0.229. The van der Waals surface area contributed by atoms with Crippen LogP contribution in [0.25, 0.3) is 11.1 Å². The second kappa shape index (κ2) is 10.5. The van der Waals surface area contributed by atoms with E-state index < -0.39 is 0 Å². The maximum Gasteiger partial charge on any atom is 0.310 e. The van der Waals surface area contributed by atoms with Gasteiger partial charge < -0.3 is 10.1 Å². The van der Waals surface area contributed by atoms with E-state index in [1.807, 2.05) is 31.5 Å². The molecule has 0 spiro atoms. The molecule has 2 heterocycles. The van der Waals surface area contributed by atoms with Gasteiger partial charge in [0, 0.05) is 36.9 Å². The van der Waals surface area contributed by atoms with Crippen molar-refractivity contribution in [3.63, 3.8) is 0 Å². The highest BCUT2D eigenvalue weighted by Gasteiger charge is 2.10. The molecule has 0 aliphatic heterocycles. The highest BCUT2D eigenvalue weighted by atomic mass is 16.5. The van der Waals surface area contributed by atoms with Crippen molar-refractivity contribution in [1.29, 1.82) is 0 Å². The van der Waals surface area contributed by atoms with Crippen LogP contribution in [0.15, 0.2) is 61.2 Å². The molecule has 0 saturated heterocycles. The number of esters is 1. The first-order chi connectivity index (χ1) is 14.2. The number of ether oxygens (including phenoxy) is 1.